The van der Waals surface area contributed by atoms with E-state index in [0.717, 1.165) is 132 Å². The lowest BCUT2D eigenvalue weighted by Gasteiger charge is -2.32. The Bertz CT molecular complexity index is 2240. The molecule has 0 radical (unpaired) electrons. The van der Waals surface area contributed by atoms with Gasteiger partial charge in [-0.15, -0.1) is 0 Å². The lowest BCUT2D eigenvalue weighted by atomic mass is 9.78. The molecule has 8 bridgehead atoms. The molecule has 2 spiro atoms. The summed E-state index contributed by atoms with van der Waals surface area (Å²) in [6.07, 6.45) is 8.94. The second-order valence-electron chi connectivity index (χ2n) is 25.5. The Kier molecular flexibility index (Phi) is 13.4. The van der Waals surface area contributed by atoms with E-state index < -0.39 is 36.0 Å². The minimum Gasteiger partial charge on any atom is -0.496 e. The van der Waals surface area contributed by atoms with Gasteiger partial charge in [0, 0.05) is 60.8 Å². The second-order valence-corrected chi connectivity index (χ2v) is 25.5. The number of hydrogen-bond acceptors (Lipinski definition) is 8. The van der Waals surface area contributed by atoms with Crippen LogP contribution in [0.3, 0.4) is 0 Å². The molecule has 2 aliphatic heterocycles. The molecule has 380 valence electrons. The molecular weight excluding hydrogens is 873 g/mol. The fraction of sp³-hybridized carbons (Fsp3) is 0.613. The third kappa shape index (κ3) is 9.42. The minimum atomic E-state index is -0.746. The standard InChI is InChI=1S/C62H84O8/c1-57(2,3)41-29-37-27-38-30-42(58(4,5)6)35-47(50(38)64-14)55-56(70-62(69-55)25-21-18-22-26-62)48-36-44(60(10,11)12)32-40(52(48)66-16)28-39-31-43(59(7,8)9)34-46(51(39)65-15)54-53(45(33-41)49(37)63-13)67-61(68-54)23-19-17-20-24-61/h29-36,53-56H,17-28H2,1-16H3. The van der Waals surface area contributed by atoms with Crippen LogP contribution in [0.1, 0.15) is 238 Å². The molecule has 4 atom stereocenters. The fourth-order valence-corrected chi connectivity index (χ4v) is 12.1. The van der Waals surface area contributed by atoms with Gasteiger partial charge in [-0.3, -0.25) is 0 Å². The maximum Gasteiger partial charge on any atom is 0.170 e. The van der Waals surface area contributed by atoms with Gasteiger partial charge in [0.2, 0.25) is 0 Å². The lowest BCUT2D eigenvalue weighted by molar-refractivity contribution is -0.195. The van der Waals surface area contributed by atoms with Crippen LogP contribution in [0.5, 0.6) is 23.0 Å². The molecule has 2 saturated heterocycles. The van der Waals surface area contributed by atoms with Crippen LogP contribution in [0, 0.1) is 0 Å². The number of ether oxygens (including phenoxy) is 8. The summed E-state index contributed by atoms with van der Waals surface area (Å²) in [4.78, 5) is 0. The van der Waals surface area contributed by atoms with Crippen LogP contribution in [0.15, 0.2) is 48.5 Å². The van der Waals surface area contributed by atoms with Crippen molar-refractivity contribution in [3.05, 3.63) is 115 Å². The molecule has 70 heavy (non-hydrogen) atoms. The Morgan fingerprint density at radius 1 is 0.343 bits per heavy atom. The van der Waals surface area contributed by atoms with E-state index in [9.17, 15) is 0 Å². The molecule has 0 amide bonds. The maximum absolute atomic E-state index is 7.55. The molecule has 0 aromatic heterocycles. The van der Waals surface area contributed by atoms with E-state index in [1.807, 2.05) is 28.4 Å². The zero-order valence-corrected chi connectivity index (χ0v) is 45.7. The maximum atomic E-state index is 7.55. The normalized spacial score (nSPS) is 23.3. The van der Waals surface area contributed by atoms with Gasteiger partial charge in [-0.25, -0.2) is 0 Å². The van der Waals surface area contributed by atoms with Crippen molar-refractivity contribution < 1.29 is 37.9 Å². The van der Waals surface area contributed by atoms with Gasteiger partial charge in [0.15, 0.2) is 11.6 Å². The average Bonchev–Trinajstić information content (AvgIpc) is 3.84. The van der Waals surface area contributed by atoms with Crippen LogP contribution in [0.4, 0.5) is 0 Å². The van der Waals surface area contributed by atoms with Crippen LogP contribution in [-0.4, -0.2) is 40.0 Å². The third-order valence-electron chi connectivity index (χ3n) is 16.2. The summed E-state index contributed by atoms with van der Waals surface area (Å²) in [6.45, 7) is 27.5. The molecule has 8 nitrogen and oxygen atoms in total. The van der Waals surface area contributed by atoms with Crippen molar-refractivity contribution in [1.82, 2.24) is 0 Å². The predicted molar refractivity (Wildman–Crippen MR) is 279 cm³/mol. The molecule has 4 aromatic rings. The minimum absolute atomic E-state index is 0.196. The van der Waals surface area contributed by atoms with Crippen molar-refractivity contribution in [2.24, 2.45) is 0 Å². The summed E-state index contributed by atoms with van der Waals surface area (Å²) >= 11 is 0. The SMILES string of the molecule is COc1c2cc(C(C)(C)C)cc1C1OC3(CCCCC3)OC1c1cc(C(C)(C)C)cc(c1OC)Cc1cc(C(C)(C)C)cc(c1OC)C1OC3(CCCCC3)OC1c1cc(C(C)(C)C)cc(c1OC)C2. The van der Waals surface area contributed by atoms with Crippen LogP contribution >= 0.6 is 0 Å². The van der Waals surface area contributed by atoms with E-state index in [-0.39, 0.29) is 21.7 Å². The van der Waals surface area contributed by atoms with E-state index in [4.69, 9.17) is 37.9 Å². The fourth-order valence-electron chi connectivity index (χ4n) is 12.1. The van der Waals surface area contributed by atoms with Crippen molar-refractivity contribution in [3.8, 4) is 23.0 Å². The summed E-state index contributed by atoms with van der Waals surface area (Å²) < 4.78 is 57.1. The summed E-state index contributed by atoms with van der Waals surface area (Å²) in [5, 5.41) is 0. The molecule has 3 aliphatic carbocycles. The molecule has 0 N–H and O–H groups in total. The van der Waals surface area contributed by atoms with E-state index in [1.165, 1.54) is 22.3 Å². The number of methoxy groups -OCH3 is 4. The highest BCUT2D eigenvalue weighted by molar-refractivity contribution is 5.59. The van der Waals surface area contributed by atoms with E-state index in [0.29, 0.717) is 12.8 Å². The van der Waals surface area contributed by atoms with Gasteiger partial charge in [-0.1, -0.05) is 120 Å². The van der Waals surface area contributed by atoms with Gasteiger partial charge in [-0.2, -0.15) is 0 Å². The lowest BCUT2D eigenvalue weighted by Crippen LogP contribution is -2.32. The van der Waals surface area contributed by atoms with Gasteiger partial charge in [-0.05, 0) is 116 Å². The molecule has 2 heterocycles. The van der Waals surface area contributed by atoms with Gasteiger partial charge in [0.05, 0.1) is 28.4 Å². The zero-order chi connectivity index (χ0) is 50.3. The third-order valence-corrected chi connectivity index (χ3v) is 16.2. The van der Waals surface area contributed by atoms with Crippen molar-refractivity contribution in [3.63, 3.8) is 0 Å². The van der Waals surface area contributed by atoms with Crippen molar-refractivity contribution in [2.75, 3.05) is 28.4 Å². The van der Waals surface area contributed by atoms with Crippen LogP contribution < -0.4 is 18.9 Å². The topological polar surface area (TPSA) is 73.8 Å². The average molecular weight is 957 g/mol. The summed E-state index contributed by atoms with van der Waals surface area (Å²) in [5.74, 6) is 1.75. The van der Waals surface area contributed by atoms with Crippen molar-refractivity contribution in [2.45, 2.75) is 218 Å². The summed E-state index contributed by atoms with van der Waals surface area (Å²) in [7, 11) is 7.24. The monoisotopic (exact) mass is 957 g/mol. The van der Waals surface area contributed by atoms with Gasteiger partial charge < -0.3 is 37.9 Å². The summed E-state index contributed by atoms with van der Waals surface area (Å²) in [6, 6.07) is 18.7. The van der Waals surface area contributed by atoms with Gasteiger partial charge in [0.1, 0.15) is 47.4 Å². The van der Waals surface area contributed by atoms with E-state index in [2.05, 4.69) is 132 Å². The molecule has 9 rings (SSSR count). The zero-order valence-electron chi connectivity index (χ0n) is 45.7. The second kappa shape index (κ2) is 18.4. The molecule has 2 saturated carbocycles. The van der Waals surface area contributed by atoms with E-state index in [1.54, 1.807) is 0 Å². The van der Waals surface area contributed by atoms with Crippen LogP contribution in [0.2, 0.25) is 0 Å². The van der Waals surface area contributed by atoms with Gasteiger partial charge in [0.25, 0.3) is 0 Å². The predicted octanol–water partition coefficient (Wildman–Crippen LogP) is 15.4. The number of fused-ring (bicyclic) bond motifs is 14. The largest absolute Gasteiger partial charge is 0.496 e. The first-order chi connectivity index (χ1) is 32.9. The Morgan fingerprint density at radius 2 is 0.557 bits per heavy atom. The highest BCUT2D eigenvalue weighted by atomic mass is 16.8. The number of hydrogen-bond donors (Lipinski definition) is 0. The number of benzene rings is 4. The molecule has 4 fully saturated rings. The van der Waals surface area contributed by atoms with Crippen molar-refractivity contribution >= 4 is 0 Å². The van der Waals surface area contributed by atoms with Crippen molar-refractivity contribution in [1.29, 1.82) is 0 Å². The van der Waals surface area contributed by atoms with Gasteiger partial charge >= 0.3 is 0 Å². The first kappa shape index (κ1) is 50.8. The smallest absolute Gasteiger partial charge is 0.170 e. The highest BCUT2D eigenvalue weighted by Gasteiger charge is 2.53. The molecule has 8 heteroatoms. The Labute approximate surface area is 420 Å². The summed E-state index contributed by atoms with van der Waals surface area (Å²) in [5.41, 5.74) is 12.3. The Morgan fingerprint density at radius 3 is 0.743 bits per heavy atom. The molecule has 4 aromatic carbocycles. The molecule has 4 unspecified atom stereocenters. The Hall–Kier alpha value is -4.08. The van der Waals surface area contributed by atoms with Crippen LogP contribution in [-0.2, 0) is 53.4 Å². The van der Waals surface area contributed by atoms with E-state index >= 15 is 0 Å². The first-order valence-corrected chi connectivity index (χ1v) is 26.5. The highest BCUT2D eigenvalue weighted by Crippen LogP contribution is 2.60. The van der Waals surface area contributed by atoms with Crippen LogP contribution in [0.25, 0.3) is 0 Å². The molecular formula is C62H84O8. The first-order valence-electron chi connectivity index (χ1n) is 26.5. The number of rotatable bonds is 4. The Balaban J connectivity index is 1.42. The molecule has 5 aliphatic rings. The quantitative estimate of drug-likeness (QED) is 0.200.